The highest BCUT2D eigenvalue weighted by Gasteiger charge is 2.15. The largest absolute Gasteiger partial charge is 0.396 e. The number of rotatable bonds is 5. The van der Waals surface area contributed by atoms with Crippen molar-refractivity contribution in [2.75, 3.05) is 5.73 Å². The Bertz CT molecular complexity index is 3110. The molecule has 4 nitrogen and oxygen atoms in total. The van der Waals surface area contributed by atoms with Gasteiger partial charge in [-0.15, -0.1) is 0 Å². The minimum atomic E-state index is 0.700. The fraction of sp³-hybridized carbons (Fsp3) is 0.0577. The molecule has 1 heterocycles. The number of anilines is 1. The van der Waals surface area contributed by atoms with E-state index in [0.29, 0.717) is 5.69 Å². The molecule has 0 bridgehead atoms. The van der Waals surface area contributed by atoms with E-state index in [-0.39, 0.29) is 0 Å². The number of aliphatic imine (C=N–C) groups is 1. The van der Waals surface area contributed by atoms with Gasteiger partial charge in [0.05, 0.1) is 34.3 Å². The van der Waals surface area contributed by atoms with Gasteiger partial charge in [0.15, 0.2) is 0 Å². The van der Waals surface area contributed by atoms with E-state index in [0.717, 1.165) is 93.8 Å². The summed E-state index contributed by atoms with van der Waals surface area (Å²) in [5, 5.41) is 8.98. The van der Waals surface area contributed by atoms with Crippen molar-refractivity contribution >= 4 is 71.2 Å². The second kappa shape index (κ2) is 14.6. The molecule has 1 aromatic heterocycles. The Morgan fingerprint density at radius 2 is 0.875 bits per heavy atom. The van der Waals surface area contributed by atoms with Crippen molar-refractivity contribution < 1.29 is 0 Å². The van der Waals surface area contributed by atoms with Gasteiger partial charge in [-0.1, -0.05) is 166 Å². The minimum absolute atomic E-state index is 0.700. The molecule has 0 saturated heterocycles. The Morgan fingerprint density at radius 3 is 1.48 bits per heavy atom. The Balaban J connectivity index is 0.00000202. The maximum absolute atomic E-state index is 6.80. The molecule has 4 heteroatoms. The van der Waals surface area contributed by atoms with Crippen LogP contribution in [0.5, 0.6) is 0 Å². The van der Waals surface area contributed by atoms with Crippen LogP contribution in [0, 0.1) is 0 Å². The Morgan fingerprint density at radius 1 is 0.446 bits per heavy atom. The van der Waals surface area contributed by atoms with E-state index in [9.17, 15) is 0 Å². The lowest BCUT2D eigenvalue weighted by molar-refractivity contribution is 1.31. The average molecular weight is 721 g/mol. The van der Waals surface area contributed by atoms with Crippen LogP contribution in [0.4, 0.5) is 11.4 Å². The molecule has 0 aliphatic rings. The fourth-order valence-electron chi connectivity index (χ4n) is 7.92. The molecule has 2 N–H and O–H groups in total. The van der Waals surface area contributed by atoms with Crippen molar-refractivity contribution in [2.24, 2.45) is 4.99 Å². The van der Waals surface area contributed by atoms with Crippen LogP contribution in [0.25, 0.3) is 87.6 Å². The zero-order chi connectivity index (χ0) is 38.2. The quantitative estimate of drug-likeness (QED) is 0.109. The number of nitrogen functional groups attached to an aromatic ring is 1. The SMILES string of the molecule is CC.CC(=Nc1c(N)c2ccccc2c2ccccc12)c1cccc(-c2cccc(-c3cccc(-c4cnc5c6ccccc6c6ccccc6c5n4)c3)c2)c1. The summed E-state index contributed by atoms with van der Waals surface area (Å²) >= 11 is 0. The van der Waals surface area contributed by atoms with Gasteiger partial charge in [0, 0.05) is 32.8 Å². The van der Waals surface area contributed by atoms with Crippen LogP contribution in [-0.4, -0.2) is 15.7 Å². The lowest BCUT2D eigenvalue weighted by Gasteiger charge is -2.13. The van der Waals surface area contributed by atoms with E-state index in [1.54, 1.807) is 0 Å². The smallest absolute Gasteiger partial charge is 0.0979 e. The zero-order valence-electron chi connectivity index (χ0n) is 31.7. The van der Waals surface area contributed by atoms with Gasteiger partial charge in [0.2, 0.25) is 0 Å². The first-order valence-corrected chi connectivity index (χ1v) is 19.2. The number of hydrogen-bond acceptors (Lipinski definition) is 4. The molecule has 0 unspecified atom stereocenters. The molecule has 10 aromatic rings. The van der Waals surface area contributed by atoms with Gasteiger partial charge >= 0.3 is 0 Å². The Kier molecular flexibility index (Phi) is 9.00. The Hall–Kier alpha value is -7.17. The standard InChI is InChI=1S/C50H34N4.C2H6/c1-31(53-48-43-24-7-3-20-39(43)38-19-2-6-23-42(38)47(48)51)32-13-10-14-33(27-32)34-15-11-16-35(28-34)36-17-12-18-37(29-36)46-30-52-49-44-25-8-4-21-40(44)41-22-5-9-26-45(41)50(49)54-46;1-2/h2-30H,51H2,1H3;1-2H3. The molecule has 10 rings (SSSR count). The first kappa shape index (κ1) is 34.6. The third-order valence-corrected chi connectivity index (χ3v) is 10.6. The second-order valence-corrected chi connectivity index (χ2v) is 13.8. The van der Waals surface area contributed by atoms with Crippen LogP contribution in [0.3, 0.4) is 0 Å². The highest BCUT2D eigenvalue weighted by atomic mass is 14.8. The fourth-order valence-corrected chi connectivity index (χ4v) is 7.92. The van der Waals surface area contributed by atoms with Crippen LogP contribution in [0.15, 0.2) is 181 Å². The minimum Gasteiger partial charge on any atom is -0.396 e. The van der Waals surface area contributed by atoms with Crippen molar-refractivity contribution in [1.82, 2.24) is 9.97 Å². The van der Waals surface area contributed by atoms with E-state index < -0.39 is 0 Å². The maximum Gasteiger partial charge on any atom is 0.0979 e. The predicted octanol–water partition coefficient (Wildman–Crippen LogP) is 14.0. The average Bonchev–Trinajstić information content (AvgIpc) is 3.28. The Labute approximate surface area is 326 Å². The molecule has 0 fully saturated rings. The highest BCUT2D eigenvalue weighted by molar-refractivity contribution is 6.23. The number of nitrogens with zero attached hydrogens (tertiary/aromatic N) is 3. The van der Waals surface area contributed by atoms with Crippen LogP contribution in [0.2, 0.25) is 0 Å². The molecule has 0 aliphatic heterocycles. The van der Waals surface area contributed by atoms with Crippen molar-refractivity contribution in [3.63, 3.8) is 0 Å². The van der Waals surface area contributed by atoms with Crippen molar-refractivity contribution in [3.8, 4) is 33.5 Å². The summed E-state index contributed by atoms with van der Waals surface area (Å²) in [7, 11) is 0. The molecule has 9 aromatic carbocycles. The van der Waals surface area contributed by atoms with Crippen LogP contribution in [0.1, 0.15) is 26.3 Å². The van der Waals surface area contributed by atoms with Gasteiger partial charge in [-0.2, -0.15) is 0 Å². The summed E-state index contributed by atoms with van der Waals surface area (Å²) in [5.41, 5.74) is 18.5. The maximum atomic E-state index is 6.80. The normalized spacial score (nSPS) is 11.7. The van der Waals surface area contributed by atoms with Gasteiger partial charge in [-0.3, -0.25) is 9.98 Å². The lowest BCUT2D eigenvalue weighted by Crippen LogP contribution is -1.97. The molecule has 268 valence electrons. The third kappa shape index (κ3) is 6.02. The molecule has 0 saturated carbocycles. The first-order chi connectivity index (χ1) is 27.6. The second-order valence-electron chi connectivity index (χ2n) is 13.8. The van der Waals surface area contributed by atoms with Crippen LogP contribution in [-0.2, 0) is 0 Å². The van der Waals surface area contributed by atoms with E-state index in [1.165, 1.54) is 10.8 Å². The highest BCUT2D eigenvalue weighted by Crippen LogP contribution is 2.41. The summed E-state index contributed by atoms with van der Waals surface area (Å²) in [6.45, 7) is 6.06. The van der Waals surface area contributed by atoms with E-state index in [2.05, 4.69) is 165 Å². The van der Waals surface area contributed by atoms with Gasteiger partial charge in [0.25, 0.3) is 0 Å². The number of fused-ring (bicyclic) bond motifs is 9. The summed E-state index contributed by atoms with van der Waals surface area (Å²) in [6, 6.07) is 59.5. The molecule has 0 atom stereocenters. The molecule has 0 aliphatic carbocycles. The third-order valence-electron chi connectivity index (χ3n) is 10.6. The van der Waals surface area contributed by atoms with Gasteiger partial charge in [0.1, 0.15) is 0 Å². The molecule has 0 radical (unpaired) electrons. The van der Waals surface area contributed by atoms with E-state index in [4.69, 9.17) is 20.7 Å². The van der Waals surface area contributed by atoms with E-state index >= 15 is 0 Å². The van der Waals surface area contributed by atoms with Crippen molar-refractivity contribution in [1.29, 1.82) is 0 Å². The molecular weight excluding hydrogens is 681 g/mol. The molecular formula is C52H40N4. The molecule has 0 spiro atoms. The summed E-state index contributed by atoms with van der Waals surface area (Å²) in [4.78, 5) is 15.4. The van der Waals surface area contributed by atoms with Gasteiger partial charge < -0.3 is 5.73 Å². The number of aromatic nitrogens is 2. The van der Waals surface area contributed by atoms with Gasteiger partial charge in [-0.25, -0.2) is 4.98 Å². The predicted molar refractivity (Wildman–Crippen MR) is 240 cm³/mol. The lowest BCUT2D eigenvalue weighted by atomic mass is 9.96. The molecule has 56 heavy (non-hydrogen) atoms. The number of nitrogens with two attached hydrogens (primary N) is 1. The van der Waals surface area contributed by atoms with E-state index in [1.807, 2.05) is 32.2 Å². The molecule has 0 amide bonds. The zero-order valence-corrected chi connectivity index (χ0v) is 31.7. The van der Waals surface area contributed by atoms with Crippen molar-refractivity contribution in [3.05, 3.63) is 182 Å². The van der Waals surface area contributed by atoms with Crippen LogP contribution >= 0.6 is 0 Å². The number of benzene rings is 9. The topological polar surface area (TPSA) is 64.2 Å². The summed E-state index contributed by atoms with van der Waals surface area (Å²) < 4.78 is 0. The van der Waals surface area contributed by atoms with Crippen LogP contribution < -0.4 is 5.73 Å². The summed E-state index contributed by atoms with van der Waals surface area (Å²) in [6.07, 6.45) is 1.91. The van der Waals surface area contributed by atoms with Crippen molar-refractivity contribution in [2.45, 2.75) is 20.8 Å². The number of hydrogen-bond donors (Lipinski definition) is 1. The monoisotopic (exact) mass is 720 g/mol. The summed E-state index contributed by atoms with van der Waals surface area (Å²) in [5.74, 6) is 0. The van der Waals surface area contributed by atoms with Gasteiger partial charge in [-0.05, 0) is 74.5 Å². The first-order valence-electron chi connectivity index (χ1n) is 19.2.